The van der Waals surface area contributed by atoms with Crippen LogP contribution in [-0.2, 0) is 16.6 Å². The summed E-state index contributed by atoms with van der Waals surface area (Å²) in [5.41, 5.74) is 3.61. The maximum atomic E-state index is 12.5. The van der Waals surface area contributed by atoms with Gasteiger partial charge in [0.2, 0.25) is 10.0 Å². The summed E-state index contributed by atoms with van der Waals surface area (Å²) in [7, 11) is -3.23. The molecule has 1 saturated carbocycles. The van der Waals surface area contributed by atoms with Crippen molar-refractivity contribution in [3.63, 3.8) is 0 Å². The molecule has 5 heteroatoms. The Morgan fingerprint density at radius 2 is 1.96 bits per heavy atom. The molecule has 1 atom stereocenters. The average molecular weight is 363 g/mol. The Balaban J connectivity index is 1.97. The molecule has 25 heavy (non-hydrogen) atoms. The van der Waals surface area contributed by atoms with E-state index in [2.05, 4.69) is 61.4 Å². The van der Waals surface area contributed by atoms with Crippen molar-refractivity contribution >= 4 is 20.9 Å². The van der Waals surface area contributed by atoms with Crippen LogP contribution in [0, 0.1) is 12.3 Å². The highest BCUT2D eigenvalue weighted by atomic mass is 32.2. The molecule has 1 aromatic carbocycles. The predicted molar refractivity (Wildman–Crippen MR) is 104 cm³/mol. The van der Waals surface area contributed by atoms with Crippen molar-refractivity contribution in [3.05, 3.63) is 35.5 Å². The van der Waals surface area contributed by atoms with E-state index in [4.69, 9.17) is 0 Å². The van der Waals surface area contributed by atoms with E-state index >= 15 is 0 Å². The molecular weight excluding hydrogens is 332 g/mol. The van der Waals surface area contributed by atoms with E-state index < -0.39 is 10.0 Å². The van der Waals surface area contributed by atoms with Crippen molar-refractivity contribution < 1.29 is 8.42 Å². The fourth-order valence-electron chi connectivity index (χ4n) is 3.50. The molecule has 0 spiro atoms. The summed E-state index contributed by atoms with van der Waals surface area (Å²) in [4.78, 5) is 0. The molecule has 4 nitrogen and oxygen atoms in total. The van der Waals surface area contributed by atoms with Crippen molar-refractivity contribution in [2.75, 3.05) is 0 Å². The summed E-state index contributed by atoms with van der Waals surface area (Å²) in [6, 6.07) is 6.18. The highest BCUT2D eigenvalue weighted by Crippen LogP contribution is 2.32. The minimum atomic E-state index is -3.23. The molecule has 0 saturated heterocycles. The average Bonchev–Trinajstić information content (AvgIpc) is 2.71. The van der Waals surface area contributed by atoms with E-state index in [9.17, 15) is 8.42 Å². The van der Waals surface area contributed by atoms with Gasteiger partial charge in [0.15, 0.2) is 0 Å². The molecule has 0 bridgehead atoms. The summed E-state index contributed by atoms with van der Waals surface area (Å²) >= 11 is 0. The lowest BCUT2D eigenvalue weighted by molar-refractivity contribution is 0.349. The highest BCUT2D eigenvalue weighted by molar-refractivity contribution is 7.90. The normalized spacial score (nSPS) is 17.6. The van der Waals surface area contributed by atoms with Gasteiger partial charge in [-0.25, -0.2) is 13.1 Å². The zero-order chi connectivity index (χ0) is 18.4. The van der Waals surface area contributed by atoms with E-state index in [1.54, 1.807) is 0 Å². The molecule has 2 aromatic rings. The van der Waals surface area contributed by atoms with E-state index in [1.807, 2.05) is 6.92 Å². The summed E-state index contributed by atoms with van der Waals surface area (Å²) in [6.07, 6.45) is 4.72. The molecule has 1 heterocycles. The van der Waals surface area contributed by atoms with Crippen molar-refractivity contribution in [2.24, 2.45) is 5.41 Å². The zero-order valence-electron chi connectivity index (χ0n) is 16.0. The highest BCUT2D eigenvalue weighted by Gasteiger charge is 2.32. The molecule has 0 aliphatic heterocycles. The number of fused-ring (bicyclic) bond motifs is 1. The minimum absolute atomic E-state index is 0.154. The molecule has 138 valence electrons. The van der Waals surface area contributed by atoms with Gasteiger partial charge in [0.05, 0.1) is 5.25 Å². The van der Waals surface area contributed by atoms with Crippen LogP contribution in [0.15, 0.2) is 24.4 Å². The van der Waals surface area contributed by atoms with Gasteiger partial charge in [-0.1, -0.05) is 39.3 Å². The third kappa shape index (κ3) is 3.93. The predicted octanol–water partition coefficient (Wildman–Crippen LogP) is 4.53. The van der Waals surface area contributed by atoms with Crippen LogP contribution in [0.5, 0.6) is 0 Å². The van der Waals surface area contributed by atoms with Crippen LogP contribution in [0.4, 0.5) is 0 Å². The van der Waals surface area contributed by atoms with Gasteiger partial charge in [0, 0.05) is 29.7 Å². The third-order valence-corrected chi connectivity index (χ3v) is 7.04. The van der Waals surface area contributed by atoms with Crippen LogP contribution in [0.3, 0.4) is 0 Å². The second kappa shape index (κ2) is 6.44. The Labute approximate surface area is 151 Å². The first-order valence-corrected chi connectivity index (χ1v) is 10.7. The second-order valence-corrected chi connectivity index (χ2v) is 10.7. The summed E-state index contributed by atoms with van der Waals surface area (Å²) in [6.45, 7) is 11.6. The largest absolute Gasteiger partial charge is 0.347 e. The standard InChI is InChI=1S/C20H30N2O2S/c1-14-9-10-17-18(12-22(19(17)11-14)13-20(3,4)5)15(2)21-25(23,24)16-7-6-8-16/h9-12,15-16,21H,6-8,13H2,1-5H3/t15-/m1/s1. The van der Waals surface area contributed by atoms with Gasteiger partial charge in [0.25, 0.3) is 0 Å². The number of sulfonamides is 1. The lowest BCUT2D eigenvalue weighted by atomic mass is 9.97. The Morgan fingerprint density at radius 3 is 2.52 bits per heavy atom. The first-order chi connectivity index (χ1) is 11.6. The van der Waals surface area contributed by atoms with E-state index in [0.717, 1.165) is 36.8 Å². The van der Waals surface area contributed by atoms with Gasteiger partial charge >= 0.3 is 0 Å². The van der Waals surface area contributed by atoms with Crippen molar-refractivity contribution in [1.29, 1.82) is 0 Å². The molecule has 3 rings (SSSR count). The van der Waals surface area contributed by atoms with Gasteiger partial charge in [-0.15, -0.1) is 0 Å². The number of nitrogens with one attached hydrogen (secondary N) is 1. The fourth-order valence-corrected chi connectivity index (χ4v) is 5.27. The maximum absolute atomic E-state index is 12.5. The topological polar surface area (TPSA) is 51.1 Å². The molecule has 0 radical (unpaired) electrons. The van der Waals surface area contributed by atoms with E-state index in [1.165, 1.54) is 11.1 Å². The van der Waals surface area contributed by atoms with Gasteiger partial charge < -0.3 is 4.57 Å². The van der Waals surface area contributed by atoms with E-state index in [0.29, 0.717) is 0 Å². The molecule has 1 aliphatic rings. The number of aryl methyl sites for hydroxylation is 1. The van der Waals surface area contributed by atoms with Gasteiger partial charge in [-0.2, -0.15) is 0 Å². The molecule has 1 aliphatic carbocycles. The molecule has 1 N–H and O–H groups in total. The monoisotopic (exact) mass is 362 g/mol. The van der Waals surface area contributed by atoms with Crippen LogP contribution >= 0.6 is 0 Å². The molecule has 0 unspecified atom stereocenters. The third-order valence-electron chi connectivity index (χ3n) is 5.01. The molecular formula is C20H30N2O2S. The Morgan fingerprint density at radius 1 is 1.28 bits per heavy atom. The first-order valence-electron chi connectivity index (χ1n) is 9.17. The maximum Gasteiger partial charge on any atom is 0.215 e. The fraction of sp³-hybridized carbons (Fsp3) is 0.600. The van der Waals surface area contributed by atoms with Crippen LogP contribution in [0.25, 0.3) is 10.9 Å². The zero-order valence-corrected chi connectivity index (χ0v) is 16.8. The quantitative estimate of drug-likeness (QED) is 0.849. The molecule has 1 aromatic heterocycles. The van der Waals surface area contributed by atoms with Gasteiger partial charge in [-0.05, 0) is 49.3 Å². The van der Waals surface area contributed by atoms with E-state index in [-0.39, 0.29) is 16.7 Å². The van der Waals surface area contributed by atoms with Crippen LogP contribution in [0.2, 0.25) is 0 Å². The molecule has 0 amide bonds. The minimum Gasteiger partial charge on any atom is -0.347 e. The number of aromatic nitrogens is 1. The summed E-state index contributed by atoms with van der Waals surface area (Å²) in [5.74, 6) is 0. The van der Waals surface area contributed by atoms with Crippen molar-refractivity contribution in [2.45, 2.75) is 71.7 Å². The number of rotatable bonds is 5. The number of nitrogens with zero attached hydrogens (tertiary/aromatic N) is 1. The van der Waals surface area contributed by atoms with Gasteiger partial charge in [-0.3, -0.25) is 0 Å². The number of benzene rings is 1. The molecule has 1 fully saturated rings. The van der Waals surface area contributed by atoms with Crippen LogP contribution < -0.4 is 4.72 Å². The Bertz CT molecular complexity index is 871. The van der Waals surface area contributed by atoms with Crippen molar-refractivity contribution in [3.8, 4) is 0 Å². The lowest BCUT2D eigenvalue weighted by Gasteiger charge is -2.27. The Hall–Kier alpha value is -1.33. The number of hydrogen-bond acceptors (Lipinski definition) is 2. The smallest absolute Gasteiger partial charge is 0.215 e. The van der Waals surface area contributed by atoms with Crippen LogP contribution in [-0.4, -0.2) is 18.2 Å². The second-order valence-electron chi connectivity index (χ2n) is 8.73. The number of hydrogen-bond donors (Lipinski definition) is 1. The summed E-state index contributed by atoms with van der Waals surface area (Å²) < 4.78 is 30.2. The van der Waals surface area contributed by atoms with Crippen molar-refractivity contribution in [1.82, 2.24) is 9.29 Å². The van der Waals surface area contributed by atoms with Gasteiger partial charge in [0.1, 0.15) is 0 Å². The first kappa shape index (κ1) is 18.5. The van der Waals surface area contributed by atoms with Crippen LogP contribution in [0.1, 0.15) is 64.1 Å². The lowest BCUT2D eigenvalue weighted by Crippen LogP contribution is -2.39. The SMILES string of the molecule is Cc1ccc2c([C@@H](C)NS(=O)(=O)C3CCC3)cn(CC(C)(C)C)c2c1. The summed E-state index contributed by atoms with van der Waals surface area (Å²) in [5, 5.41) is 0.929. The Kier molecular flexibility index (Phi) is 4.75.